The van der Waals surface area contributed by atoms with Crippen LogP contribution in [0.1, 0.15) is 18.1 Å². The smallest absolute Gasteiger partial charge is 0.161 e. The molecule has 0 saturated carbocycles. The Morgan fingerprint density at radius 1 is 1.28 bits per heavy atom. The number of Topliss-reactive ketones (excluding diaryl/α,β-unsaturated/α-hetero) is 1. The molecule has 1 aliphatic heterocycles. The molecule has 0 unspecified atom stereocenters. The number of ether oxygens (including phenoxy) is 2. The second-order valence-electron chi connectivity index (χ2n) is 4.80. The summed E-state index contributed by atoms with van der Waals surface area (Å²) in [6.45, 7) is 6.06. The molecule has 98 valence electrons. The molecule has 4 nitrogen and oxygen atoms in total. The Morgan fingerprint density at radius 2 is 1.89 bits per heavy atom. The molecule has 0 aliphatic carbocycles. The number of hydrogen-bond donors (Lipinski definition) is 0. The number of carbonyl (C=O) groups excluding carboxylic acids is 1. The molecule has 0 radical (unpaired) electrons. The quantitative estimate of drug-likeness (QED) is 0.815. The van der Waals surface area contributed by atoms with E-state index in [-0.39, 0.29) is 5.78 Å². The monoisotopic (exact) mass is 249 g/mol. The Labute approximate surface area is 107 Å². The van der Waals surface area contributed by atoms with E-state index in [4.69, 9.17) is 9.47 Å². The standard InChI is InChI=1S/C14H19NO3/c1-10-6-13-14(18-5-4-17-13)7-12(10)9-15(3)8-11(2)16/h6-7H,4-5,8-9H2,1-3H3. The fourth-order valence-electron chi connectivity index (χ4n) is 2.13. The highest BCUT2D eigenvalue weighted by Gasteiger charge is 2.15. The van der Waals surface area contributed by atoms with E-state index < -0.39 is 0 Å². The summed E-state index contributed by atoms with van der Waals surface area (Å²) in [4.78, 5) is 13.1. The van der Waals surface area contributed by atoms with E-state index in [1.54, 1.807) is 6.92 Å². The van der Waals surface area contributed by atoms with Crippen LogP contribution in [0.15, 0.2) is 12.1 Å². The van der Waals surface area contributed by atoms with E-state index in [9.17, 15) is 4.79 Å². The number of likely N-dealkylation sites (N-methyl/N-ethyl adjacent to an activating group) is 1. The first-order valence-corrected chi connectivity index (χ1v) is 6.13. The number of nitrogens with zero attached hydrogens (tertiary/aromatic N) is 1. The van der Waals surface area contributed by atoms with Crippen molar-refractivity contribution in [2.24, 2.45) is 0 Å². The summed E-state index contributed by atoms with van der Waals surface area (Å²) in [5, 5.41) is 0. The maximum atomic E-state index is 11.1. The fourth-order valence-corrected chi connectivity index (χ4v) is 2.13. The predicted octanol–water partition coefficient (Wildman–Crippen LogP) is 1.79. The molecule has 1 heterocycles. The normalized spacial score (nSPS) is 13.8. The van der Waals surface area contributed by atoms with Crippen LogP contribution in [0.5, 0.6) is 11.5 Å². The third-order valence-electron chi connectivity index (χ3n) is 2.93. The number of hydrogen-bond acceptors (Lipinski definition) is 4. The summed E-state index contributed by atoms with van der Waals surface area (Å²) < 4.78 is 11.1. The highest BCUT2D eigenvalue weighted by atomic mass is 16.6. The molecule has 4 heteroatoms. The summed E-state index contributed by atoms with van der Waals surface area (Å²) in [7, 11) is 1.94. The minimum Gasteiger partial charge on any atom is -0.486 e. The third-order valence-corrected chi connectivity index (χ3v) is 2.93. The molecule has 0 saturated heterocycles. The highest BCUT2D eigenvalue weighted by Crippen LogP contribution is 2.33. The molecular formula is C14H19NO3. The Hall–Kier alpha value is -1.55. The summed E-state index contributed by atoms with van der Waals surface area (Å²) >= 11 is 0. The van der Waals surface area contributed by atoms with Crippen molar-refractivity contribution in [1.82, 2.24) is 4.90 Å². The topological polar surface area (TPSA) is 38.8 Å². The van der Waals surface area contributed by atoms with E-state index in [1.807, 2.05) is 24.1 Å². The van der Waals surface area contributed by atoms with Gasteiger partial charge in [-0.15, -0.1) is 0 Å². The molecule has 18 heavy (non-hydrogen) atoms. The first-order chi connectivity index (χ1) is 8.56. The molecule has 1 aromatic carbocycles. The van der Waals surface area contributed by atoms with Crippen molar-refractivity contribution < 1.29 is 14.3 Å². The molecule has 2 rings (SSSR count). The second kappa shape index (κ2) is 5.40. The molecule has 0 bridgehead atoms. The highest BCUT2D eigenvalue weighted by molar-refractivity contribution is 5.77. The largest absolute Gasteiger partial charge is 0.486 e. The Balaban J connectivity index is 2.15. The van der Waals surface area contributed by atoms with Crippen LogP contribution in [0.4, 0.5) is 0 Å². The maximum Gasteiger partial charge on any atom is 0.161 e. The van der Waals surface area contributed by atoms with Crippen molar-refractivity contribution in [2.45, 2.75) is 20.4 Å². The number of carbonyl (C=O) groups is 1. The van der Waals surface area contributed by atoms with Gasteiger partial charge in [-0.2, -0.15) is 0 Å². The Morgan fingerprint density at radius 3 is 2.50 bits per heavy atom. The number of fused-ring (bicyclic) bond motifs is 1. The van der Waals surface area contributed by atoms with Gasteiger partial charge in [-0.05, 0) is 44.2 Å². The lowest BCUT2D eigenvalue weighted by atomic mass is 10.1. The van der Waals surface area contributed by atoms with Crippen molar-refractivity contribution in [2.75, 3.05) is 26.8 Å². The van der Waals surface area contributed by atoms with Crippen LogP contribution in [0, 0.1) is 6.92 Å². The molecular weight excluding hydrogens is 230 g/mol. The van der Waals surface area contributed by atoms with Gasteiger partial charge in [-0.3, -0.25) is 9.69 Å². The van der Waals surface area contributed by atoms with Crippen molar-refractivity contribution in [1.29, 1.82) is 0 Å². The molecule has 0 amide bonds. The van der Waals surface area contributed by atoms with Gasteiger partial charge in [0, 0.05) is 6.54 Å². The lowest BCUT2D eigenvalue weighted by molar-refractivity contribution is -0.117. The van der Waals surface area contributed by atoms with Gasteiger partial charge in [0.2, 0.25) is 0 Å². The van der Waals surface area contributed by atoms with Crippen molar-refractivity contribution in [3.8, 4) is 11.5 Å². The molecule has 0 atom stereocenters. The first kappa shape index (κ1) is 12.9. The van der Waals surface area contributed by atoms with Crippen LogP contribution in [-0.2, 0) is 11.3 Å². The van der Waals surface area contributed by atoms with E-state index in [2.05, 4.69) is 6.92 Å². The van der Waals surface area contributed by atoms with Crippen LogP contribution in [0.3, 0.4) is 0 Å². The SMILES string of the molecule is CC(=O)CN(C)Cc1cc2c(cc1C)OCCO2. The van der Waals surface area contributed by atoms with Gasteiger partial charge in [0.25, 0.3) is 0 Å². The number of rotatable bonds is 4. The third kappa shape index (κ3) is 3.01. The van der Waals surface area contributed by atoms with E-state index in [0.717, 1.165) is 23.6 Å². The van der Waals surface area contributed by atoms with Gasteiger partial charge >= 0.3 is 0 Å². The van der Waals surface area contributed by atoms with E-state index in [1.165, 1.54) is 5.56 Å². The Kier molecular flexibility index (Phi) is 3.87. The zero-order valence-corrected chi connectivity index (χ0v) is 11.2. The number of aryl methyl sites for hydroxylation is 1. The average Bonchev–Trinajstić information content (AvgIpc) is 2.29. The van der Waals surface area contributed by atoms with Crippen LogP contribution in [0.2, 0.25) is 0 Å². The lowest BCUT2D eigenvalue weighted by Gasteiger charge is -2.22. The molecule has 0 N–H and O–H groups in total. The van der Waals surface area contributed by atoms with Gasteiger partial charge in [0.15, 0.2) is 11.5 Å². The molecule has 0 fully saturated rings. The van der Waals surface area contributed by atoms with Crippen LogP contribution >= 0.6 is 0 Å². The molecule has 1 aliphatic rings. The van der Waals surface area contributed by atoms with Crippen LogP contribution in [-0.4, -0.2) is 37.5 Å². The summed E-state index contributed by atoms with van der Waals surface area (Å²) in [5.41, 5.74) is 2.33. The zero-order chi connectivity index (χ0) is 13.1. The number of benzene rings is 1. The van der Waals surface area contributed by atoms with Gasteiger partial charge in [0.05, 0.1) is 6.54 Å². The second-order valence-corrected chi connectivity index (χ2v) is 4.80. The van der Waals surface area contributed by atoms with Crippen LogP contribution in [0.25, 0.3) is 0 Å². The van der Waals surface area contributed by atoms with E-state index in [0.29, 0.717) is 19.8 Å². The average molecular weight is 249 g/mol. The van der Waals surface area contributed by atoms with Gasteiger partial charge in [0.1, 0.15) is 19.0 Å². The van der Waals surface area contributed by atoms with Gasteiger partial charge in [-0.25, -0.2) is 0 Å². The summed E-state index contributed by atoms with van der Waals surface area (Å²) in [5.74, 6) is 1.79. The van der Waals surface area contributed by atoms with Gasteiger partial charge in [-0.1, -0.05) is 0 Å². The molecule has 0 spiro atoms. The van der Waals surface area contributed by atoms with Crippen molar-refractivity contribution >= 4 is 5.78 Å². The summed E-state index contributed by atoms with van der Waals surface area (Å²) in [6, 6.07) is 4.02. The molecule has 1 aromatic rings. The Bertz CT molecular complexity index is 457. The number of ketones is 1. The zero-order valence-electron chi connectivity index (χ0n) is 11.2. The first-order valence-electron chi connectivity index (χ1n) is 6.13. The fraction of sp³-hybridized carbons (Fsp3) is 0.500. The minimum absolute atomic E-state index is 0.174. The minimum atomic E-state index is 0.174. The van der Waals surface area contributed by atoms with E-state index >= 15 is 0 Å². The lowest BCUT2D eigenvalue weighted by Crippen LogP contribution is -2.24. The maximum absolute atomic E-state index is 11.1. The summed E-state index contributed by atoms with van der Waals surface area (Å²) in [6.07, 6.45) is 0. The predicted molar refractivity (Wildman–Crippen MR) is 69.2 cm³/mol. The molecule has 0 aromatic heterocycles. The van der Waals surface area contributed by atoms with Crippen molar-refractivity contribution in [3.63, 3.8) is 0 Å². The van der Waals surface area contributed by atoms with Crippen molar-refractivity contribution in [3.05, 3.63) is 23.3 Å². The van der Waals surface area contributed by atoms with Crippen LogP contribution < -0.4 is 9.47 Å². The van der Waals surface area contributed by atoms with Gasteiger partial charge < -0.3 is 9.47 Å².